The minimum absolute atomic E-state index is 0.123. The van der Waals surface area contributed by atoms with Gasteiger partial charge in [-0.25, -0.2) is 9.78 Å². The third kappa shape index (κ3) is 4.16. The number of piperazine rings is 1. The number of anilines is 1. The predicted molar refractivity (Wildman–Crippen MR) is 116 cm³/mol. The fourth-order valence-electron chi connectivity index (χ4n) is 3.69. The molecule has 4 amide bonds. The van der Waals surface area contributed by atoms with Crippen LogP contribution in [0.1, 0.15) is 27.1 Å². The molecule has 156 valence electrons. The molecule has 8 nitrogen and oxygen atoms in total. The van der Waals surface area contributed by atoms with Crippen molar-refractivity contribution in [3.63, 3.8) is 0 Å². The van der Waals surface area contributed by atoms with Crippen LogP contribution in [0.3, 0.4) is 0 Å². The van der Waals surface area contributed by atoms with E-state index in [9.17, 15) is 14.4 Å². The molecule has 1 N–H and O–H groups in total. The van der Waals surface area contributed by atoms with E-state index in [4.69, 9.17) is 0 Å². The SMILES string of the molecule is O=C(NCCCN1C(=O)c2ccc(Br)cc2C1=O)N1CCN(c2ccccn2)CC1. The molecule has 1 aromatic heterocycles. The molecule has 1 fully saturated rings. The number of halogens is 1. The lowest BCUT2D eigenvalue weighted by molar-refractivity contribution is 0.0653. The Morgan fingerprint density at radius 1 is 1.03 bits per heavy atom. The highest BCUT2D eigenvalue weighted by Gasteiger charge is 2.35. The number of fused-ring (bicyclic) bond motifs is 1. The van der Waals surface area contributed by atoms with Gasteiger partial charge in [-0.1, -0.05) is 22.0 Å². The van der Waals surface area contributed by atoms with Crippen LogP contribution in [-0.4, -0.2) is 71.9 Å². The average molecular weight is 472 g/mol. The monoisotopic (exact) mass is 471 g/mol. The van der Waals surface area contributed by atoms with Gasteiger partial charge in [0.2, 0.25) is 0 Å². The molecule has 2 aromatic rings. The number of pyridine rings is 1. The molecule has 0 aliphatic carbocycles. The minimum Gasteiger partial charge on any atom is -0.353 e. The van der Waals surface area contributed by atoms with Crippen molar-refractivity contribution in [3.05, 3.63) is 58.2 Å². The van der Waals surface area contributed by atoms with Crippen molar-refractivity contribution in [1.29, 1.82) is 0 Å². The van der Waals surface area contributed by atoms with E-state index in [-0.39, 0.29) is 24.4 Å². The van der Waals surface area contributed by atoms with E-state index in [1.807, 2.05) is 18.2 Å². The Labute approximate surface area is 183 Å². The molecule has 9 heteroatoms. The van der Waals surface area contributed by atoms with Gasteiger partial charge >= 0.3 is 6.03 Å². The first-order valence-corrected chi connectivity index (χ1v) is 10.7. The Morgan fingerprint density at radius 3 is 2.53 bits per heavy atom. The maximum atomic E-state index is 12.5. The standard InChI is InChI=1S/C21H22BrN5O3/c22-15-5-6-16-17(14-15)20(29)27(19(16)28)9-3-8-24-21(30)26-12-10-25(11-13-26)18-4-1-2-7-23-18/h1-2,4-7,14H,3,8-13H2,(H,24,30). The molecule has 0 radical (unpaired) electrons. The van der Waals surface area contributed by atoms with Crippen LogP contribution in [0.4, 0.5) is 10.6 Å². The first kappa shape index (κ1) is 20.3. The van der Waals surface area contributed by atoms with Crippen molar-refractivity contribution in [3.8, 4) is 0 Å². The van der Waals surface area contributed by atoms with Crippen molar-refractivity contribution in [1.82, 2.24) is 20.1 Å². The van der Waals surface area contributed by atoms with Gasteiger partial charge < -0.3 is 15.1 Å². The summed E-state index contributed by atoms with van der Waals surface area (Å²) in [7, 11) is 0. The van der Waals surface area contributed by atoms with E-state index in [1.165, 1.54) is 4.90 Å². The molecule has 0 atom stereocenters. The normalized spacial score (nSPS) is 16.1. The van der Waals surface area contributed by atoms with E-state index in [0.29, 0.717) is 37.2 Å². The summed E-state index contributed by atoms with van der Waals surface area (Å²) in [6.45, 7) is 3.38. The lowest BCUT2D eigenvalue weighted by atomic mass is 10.1. The largest absolute Gasteiger partial charge is 0.353 e. The summed E-state index contributed by atoms with van der Waals surface area (Å²) in [5.74, 6) is 0.360. The number of nitrogens with zero attached hydrogens (tertiary/aromatic N) is 4. The van der Waals surface area contributed by atoms with Crippen LogP contribution in [0.25, 0.3) is 0 Å². The summed E-state index contributed by atoms with van der Waals surface area (Å²) in [5, 5.41) is 2.89. The second-order valence-electron chi connectivity index (χ2n) is 7.20. The van der Waals surface area contributed by atoms with Crippen LogP contribution < -0.4 is 10.2 Å². The van der Waals surface area contributed by atoms with E-state index < -0.39 is 0 Å². The third-order valence-electron chi connectivity index (χ3n) is 5.31. The van der Waals surface area contributed by atoms with Crippen LogP contribution >= 0.6 is 15.9 Å². The van der Waals surface area contributed by atoms with Gasteiger partial charge in [0.05, 0.1) is 11.1 Å². The zero-order valence-electron chi connectivity index (χ0n) is 16.4. The zero-order valence-corrected chi connectivity index (χ0v) is 18.0. The third-order valence-corrected chi connectivity index (χ3v) is 5.80. The van der Waals surface area contributed by atoms with E-state index in [1.54, 1.807) is 29.3 Å². The van der Waals surface area contributed by atoms with E-state index in [0.717, 1.165) is 23.4 Å². The van der Waals surface area contributed by atoms with Gasteiger partial charge in [0.15, 0.2) is 0 Å². The zero-order chi connectivity index (χ0) is 21.1. The highest BCUT2D eigenvalue weighted by Crippen LogP contribution is 2.26. The predicted octanol–water partition coefficient (Wildman–Crippen LogP) is 2.36. The second-order valence-corrected chi connectivity index (χ2v) is 8.12. The van der Waals surface area contributed by atoms with E-state index in [2.05, 4.69) is 31.1 Å². The van der Waals surface area contributed by atoms with Gasteiger partial charge in [0, 0.05) is 49.9 Å². The smallest absolute Gasteiger partial charge is 0.317 e. The van der Waals surface area contributed by atoms with E-state index >= 15 is 0 Å². The van der Waals surface area contributed by atoms with Crippen LogP contribution in [0.15, 0.2) is 47.1 Å². The molecule has 4 rings (SSSR count). The fraction of sp³-hybridized carbons (Fsp3) is 0.333. The molecule has 1 saturated heterocycles. The lowest BCUT2D eigenvalue weighted by Gasteiger charge is -2.35. The maximum absolute atomic E-state index is 12.5. The number of rotatable bonds is 5. The molecule has 1 aromatic carbocycles. The molecule has 0 saturated carbocycles. The summed E-state index contributed by atoms with van der Waals surface area (Å²) in [4.78, 5) is 46.8. The first-order valence-electron chi connectivity index (χ1n) is 9.89. The molecule has 0 unspecified atom stereocenters. The Morgan fingerprint density at radius 2 is 1.80 bits per heavy atom. The number of imide groups is 1. The van der Waals surface area contributed by atoms with Crippen molar-refractivity contribution in [2.24, 2.45) is 0 Å². The highest BCUT2D eigenvalue weighted by atomic mass is 79.9. The van der Waals surface area contributed by atoms with Gasteiger partial charge in [-0.05, 0) is 36.8 Å². The lowest BCUT2D eigenvalue weighted by Crippen LogP contribution is -2.52. The van der Waals surface area contributed by atoms with Crippen molar-refractivity contribution >= 4 is 39.6 Å². The average Bonchev–Trinajstić information content (AvgIpc) is 3.01. The molecule has 0 spiro atoms. The Kier molecular flexibility index (Phi) is 5.98. The Balaban J connectivity index is 1.21. The fourth-order valence-corrected chi connectivity index (χ4v) is 4.05. The second kappa shape index (κ2) is 8.83. The van der Waals surface area contributed by atoms with Gasteiger partial charge in [-0.3, -0.25) is 14.5 Å². The number of benzene rings is 1. The summed E-state index contributed by atoms with van der Waals surface area (Å²) in [6.07, 6.45) is 2.27. The number of carbonyl (C=O) groups excluding carboxylic acids is 3. The van der Waals surface area contributed by atoms with Crippen LogP contribution in [0, 0.1) is 0 Å². The quantitative estimate of drug-likeness (QED) is 0.534. The van der Waals surface area contributed by atoms with Crippen LogP contribution in [-0.2, 0) is 0 Å². The Hall–Kier alpha value is -2.94. The van der Waals surface area contributed by atoms with Crippen molar-refractivity contribution in [2.75, 3.05) is 44.2 Å². The van der Waals surface area contributed by atoms with Crippen molar-refractivity contribution in [2.45, 2.75) is 6.42 Å². The maximum Gasteiger partial charge on any atom is 0.317 e. The molecule has 2 aliphatic rings. The topological polar surface area (TPSA) is 85.8 Å². The van der Waals surface area contributed by atoms with Crippen molar-refractivity contribution < 1.29 is 14.4 Å². The number of nitrogens with one attached hydrogen (secondary N) is 1. The van der Waals surface area contributed by atoms with Gasteiger partial charge in [0.25, 0.3) is 11.8 Å². The molecular formula is C21H22BrN5O3. The molecule has 30 heavy (non-hydrogen) atoms. The van der Waals surface area contributed by atoms with Gasteiger partial charge in [-0.15, -0.1) is 0 Å². The number of carbonyl (C=O) groups is 3. The minimum atomic E-state index is -0.284. The number of amides is 4. The highest BCUT2D eigenvalue weighted by molar-refractivity contribution is 9.10. The number of hydrogen-bond acceptors (Lipinski definition) is 5. The summed E-state index contributed by atoms with van der Waals surface area (Å²) < 4.78 is 0.764. The summed E-state index contributed by atoms with van der Waals surface area (Å²) in [6, 6.07) is 10.8. The van der Waals surface area contributed by atoms with Crippen LogP contribution in [0.2, 0.25) is 0 Å². The molecule has 2 aliphatic heterocycles. The number of urea groups is 1. The summed E-state index contributed by atoms with van der Waals surface area (Å²) in [5.41, 5.74) is 0.849. The summed E-state index contributed by atoms with van der Waals surface area (Å²) >= 11 is 3.33. The number of aromatic nitrogens is 1. The van der Waals surface area contributed by atoms with Crippen LogP contribution in [0.5, 0.6) is 0 Å². The first-order chi connectivity index (χ1) is 14.5. The molecule has 0 bridgehead atoms. The molecular weight excluding hydrogens is 450 g/mol. The molecule has 3 heterocycles. The number of hydrogen-bond donors (Lipinski definition) is 1. The van der Waals surface area contributed by atoms with Gasteiger partial charge in [0.1, 0.15) is 5.82 Å². The Bertz CT molecular complexity index is 960. The van der Waals surface area contributed by atoms with Gasteiger partial charge in [-0.2, -0.15) is 0 Å².